The Labute approximate surface area is 203 Å². The van der Waals surface area contributed by atoms with Gasteiger partial charge in [0.15, 0.2) is 11.5 Å². The van der Waals surface area contributed by atoms with Crippen molar-refractivity contribution in [3.63, 3.8) is 0 Å². The molecule has 0 aliphatic carbocycles. The lowest BCUT2D eigenvalue weighted by Gasteiger charge is -2.29. The Morgan fingerprint density at radius 3 is 2.37 bits per heavy atom. The summed E-state index contributed by atoms with van der Waals surface area (Å²) in [7, 11) is 3.02. The van der Waals surface area contributed by atoms with Gasteiger partial charge < -0.3 is 24.2 Å². The topological polar surface area (TPSA) is 88.5 Å². The van der Waals surface area contributed by atoms with E-state index in [0.717, 1.165) is 19.6 Å². The van der Waals surface area contributed by atoms with E-state index in [9.17, 15) is 19.1 Å². The highest BCUT2D eigenvalue weighted by Crippen LogP contribution is 2.42. The normalized spacial score (nSPS) is 20.3. The quantitative estimate of drug-likeness (QED) is 0.350. The van der Waals surface area contributed by atoms with Crippen molar-refractivity contribution in [2.24, 2.45) is 0 Å². The first-order valence-electron chi connectivity index (χ1n) is 11.5. The molecule has 2 saturated heterocycles. The fraction of sp³-hybridized carbons (Fsp3) is 0.385. The summed E-state index contributed by atoms with van der Waals surface area (Å²) >= 11 is 0. The fourth-order valence-corrected chi connectivity index (χ4v) is 4.53. The Morgan fingerprint density at radius 1 is 1.03 bits per heavy atom. The van der Waals surface area contributed by atoms with Crippen LogP contribution < -0.4 is 9.47 Å². The van der Waals surface area contributed by atoms with Crippen molar-refractivity contribution in [1.29, 1.82) is 0 Å². The van der Waals surface area contributed by atoms with E-state index in [1.807, 2.05) is 0 Å². The molecule has 2 heterocycles. The van der Waals surface area contributed by atoms with Gasteiger partial charge in [-0.15, -0.1) is 0 Å². The van der Waals surface area contributed by atoms with Crippen molar-refractivity contribution in [3.8, 4) is 11.5 Å². The molecule has 0 spiro atoms. The number of nitrogens with zero attached hydrogens (tertiary/aromatic N) is 2. The number of methoxy groups -OCH3 is 2. The van der Waals surface area contributed by atoms with Gasteiger partial charge in [-0.3, -0.25) is 14.5 Å². The zero-order chi connectivity index (χ0) is 24.9. The molecular formula is C26H29FN2O6. The summed E-state index contributed by atoms with van der Waals surface area (Å²) in [5.41, 5.74) is 0.806. The minimum absolute atomic E-state index is 0.0415. The number of amides is 1. The van der Waals surface area contributed by atoms with Crippen LogP contribution in [0.4, 0.5) is 4.39 Å². The fourth-order valence-electron chi connectivity index (χ4n) is 4.53. The van der Waals surface area contributed by atoms with E-state index >= 15 is 0 Å². The van der Waals surface area contributed by atoms with Gasteiger partial charge in [0.25, 0.3) is 11.7 Å². The number of rotatable bonds is 8. The Hall–Kier alpha value is -3.43. The third-order valence-corrected chi connectivity index (χ3v) is 6.36. The summed E-state index contributed by atoms with van der Waals surface area (Å²) < 4.78 is 29.6. The number of halogens is 1. The highest BCUT2D eigenvalue weighted by atomic mass is 19.1. The van der Waals surface area contributed by atoms with E-state index in [1.165, 1.54) is 43.4 Å². The summed E-state index contributed by atoms with van der Waals surface area (Å²) in [4.78, 5) is 30.0. The Bertz CT molecular complexity index is 1110. The van der Waals surface area contributed by atoms with Crippen LogP contribution in [0.15, 0.2) is 48.0 Å². The van der Waals surface area contributed by atoms with E-state index < -0.39 is 23.5 Å². The molecule has 2 aromatic carbocycles. The number of hydrogen-bond donors (Lipinski definition) is 1. The lowest BCUT2D eigenvalue weighted by Crippen LogP contribution is -2.38. The van der Waals surface area contributed by atoms with Gasteiger partial charge in [-0.05, 0) is 48.4 Å². The standard InChI is InChI=1S/C26H29FN2O6/c1-33-20-9-6-18(16-21(20)34-2)23-22(24(30)17-4-7-19(27)8-5-17)25(31)26(32)29(23)11-3-10-28-12-14-35-15-13-28/h4-9,16,23,30H,3,10-15H2,1-2H3/b24-22+. The lowest BCUT2D eigenvalue weighted by molar-refractivity contribution is -0.140. The predicted octanol–water partition coefficient (Wildman–Crippen LogP) is 2.99. The molecule has 2 aliphatic rings. The second-order valence-corrected chi connectivity index (χ2v) is 8.42. The number of benzene rings is 2. The number of ether oxygens (including phenoxy) is 3. The molecule has 2 aliphatic heterocycles. The number of aliphatic hydroxyl groups is 1. The van der Waals surface area contributed by atoms with Crippen LogP contribution in [0.3, 0.4) is 0 Å². The molecule has 4 rings (SSSR count). The minimum atomic E-state index is -0.829. The summed E-state index contributed by atoms with van der Waals surface area (Å²) in [6.07, 6.45) is 0.646. The molecule has 0 aromatic heterocycles. The number of hydrogen-bond acceptors (Lipinski definition) is 7. The second kappa shape index (κ2) is 10.9. The lowest BCUT2D eigenvalue weighted by atomic mass is 9.95. The molecule has 2 aromatic rings. The number of carbonyl (C=O) groups is 2. The van der Waals surface area contributed by atoms with Crippen LogP contribution in [0.2, 0.25) is 0 Å². The monoisotopic (exact) mass is 484 g/mol. The molecule has 1 unspecified atom stereocenters. The van der Waals surface area contributed by atoms with E-state index in [2.05, 4.69) is 4.90 Å². The summed E-state index contributed by atoms with van der Waals surface area (Å²) in [6.45, 7) is 4.07. The zero-order valence-electron chi connectivity index (χ0n) is 19.8. The van der Waals surface area contributed by atoms with E-state index in [0.29, 0.717) is 43.2 Å². The van der Waals surface area contributed by atoms with Gasteiger partial charge in [-0.2, -0.15) is 0 Å². The van der Waals surface area contributed by atoms with Crippen LogP contribution >= 0.6 is 0 Å². The molecule has 1 amide bonds. The van der Waals surface area contributed by atoms with E-state index in [-0.39, 0.29) is 16.9 Å². The van der Waals surface area contributed by atoms with E-state index in [1.54, 1.807) is 18.2 Å². The molecule has 0 bridgehead atoms. The van der Waals surface area contributed by atoms with Crippen LogP contribution in [-0.4, -0.2) is 80.2 Å². The van der Waals surface area contributed by atoms with Crippen LogP contribution in [0.1, 0.15) is 23.6 Å². The van der Waals surface area contributed by atoms with Gasteiger partial charge in [-0.25, -0.2) is 4.39 Å². The molecule has 8 nitrogen and oxygen atoms in total. The summed E-state index contributed by atoms with van der Waals surface area (Å²) in [5, 5.41) is 11.1. The smallest absolute Gasteiger partial charge is 0.295 e. The highest BCUT2D eigenvalue weighted by molar-refractivity contribution is 6.46. The second-order valence-electron chi connectivity index (χ2n) is 8.42. The molecule has 1 N–H and O–H groups in total. The largest absolute Gasteiger partial charge is 0.507 e. The Balaban J connectivity index is 1.71. The van der Waals surface area contributed by atoms with Gasteiger partial charge in [0, 0.05) is 31.7 Å². The maximum absolute atomic E-state index is 13.5. The average Bonchev–Trinajstić information content (AvgIpc) is 3.14. The molecule has 2 fully saturated rings. The van der Waals surface area contributed by atoms with Gasteiger partial charge in [-0.1, -0.05) is 6.07 Å². The van der Waals surface area contributed by atoms with E-state index in [4.69, 9.17) is 14.2 Å². The number of likely N-dealkylation sites (tertiary alicyclic amines) is 1. The van der Waals surface area contributed by atoms with Gasteiger partial charge in [0.2, 0.25) is 0 Å². The number of morpholine rings is 1. The number of ketones is 1. The molecule has 35 heavy (non-hydrogen) atoms. The molecule has 186 valence electrons. The SMILES string of the molecule is COc1ccc(C2/C(=C(\O)c3ccc(F)cc3)C(=O)C(=O)N2CCCN2CCOCC2)cc1OC. The molecular weight excluding hydrogens is 455 g/mol. The van der Waals surface area contributed by atoms with Crippen LogP contribution in [0, 0.1) is 5.82 Å². The van der Waals surface area contributed by atoms with Crippen molar-refractivity contribution in [2.45, 2.75) is 12.5 Å². The molecule has 9 heteroatoms. The van der Waals surface area contributed by atoms with Crippen LogP contribution in [0.25, 0.3) is 5.76 Å². The summed E-state index contributed by atoms with van der Waals surface area (Å²) in [5.74, 6) is -1.35. The average molecular weight is 485 g/mol. The van der Waals surface area contributed by atoms with Crippen molar-refractivity contribution >= 4 is 17.4 Å². The van der Waals surface area contributed by atoms with Crippen molar-refractivity contribution in [3.05, 3.63) is 65.0 Å². The number of aliphatic hydroxyl groups excluding tert-OH is 1. The Kier molecular flexibility index (Phi) is 7.67. The molecule has 0 saturated carbocycles. The predicted molar refractivity (Wildman–Crippen MR) is 127 cm³/mol. The van der Waals surface area contributed by atoms with Gasteiger partial charge in [0.1, 0.15) is 11.6 Å². The van der Waals surface area contributed by atoms with Crippen molar-refractivity contribution < 1.29 is 33.3 Å². The van der Waals surface area contributed by atoms with Gasteiger partial charge >= 0.3 is 0 Å². The number of carbonyl (C=O) groups excluding carboxylic acids is 2. The molecule has 0 radical (unpaired) electrons. The van der Waals surface area contributed by atoms with Crippen molar-refractivity contribution in [1.82, 2.24) is 9.80 Å². The van der Waals surface area contributed by atoms with Gasteiger partial charge in [0.05, 0.1) is 39.0 Å². The third kappa shape index (κ3) is 5.16. The summed E-state index contributed by atoms with van der Waals surface area (Å²) in [6, 6.07) is 9.44. The first kappa shape index (κ1) is 24.7. The van der Waals surface area contributed by atoms with Crippen molar-refractivity contribution in [2.75, 3.05) is 53.6 Å². The van der Waals surface area contributed by atoms with Crippen LogP contribution in [0.5, 0.6) is 11.5 Å². The Morgan fingerprint density at radius 2 is 1.71 bits per heavy atom. The molecule has 1 atom stereocenters. The maximum atomic E-state index is 13.5. The first-order valence-corrected chi connectivity index (χ1v) is 11.5. The third-order valence-electron chi connectivity index (χ3n) is 6.36. The number of Topliss-reactive ketones (excluding diaryl/α,β-unsaturated/α-hetero) is 1. The first-order chi connectivity index (χ1) is 16.9. The van der Waals surface area contributed by atoms with Crippen LogP contribution in [-0.2, 0) is 14.3 Å². The highest BCUT2D eigenvalue weighted by Gasteiger charge is 2.46. The maximum Gasteiger partial charge on any atom is 0.295 e. The zero-order valence-corrected chi connectivity index (χ0v) is 19.8. The minimum Gasteiger partial charge on any atom is -0.507 e.